The van der Waals surface area contributed by atoms with E-state index >= 15 is 0 Å². The predicted molar refractivity (Wildman–Crippen MR) is 63.6 cm³/mol. The van der Waals surface area contributed by atoms with Crippen LogP contribution in [-0.2, 0) is 6.54 Å². The lowest BCUT2D eigenvalue weighted by molar-refractivity contribution is -0.402. The van der Waals surface area contributed by atoms with Crippen LogP contribution in [0.3, 0.4) is 0 Å². The molecule has 1 atom stereocenters. The molecular formula is C12H18N2O3. The number of hydrogen-bond donors (Lipinski definition) is 1. The summed E-state index contributed by atoms with van der Waals surface area (Å²) in [4.78, 5) is 9.94. The quantitative estimate of drug-likeness (QED) is 0.632. The fourth-order valence-electron chi connectivity index (χ4n) is 2.45. The zero-order valence-corrected chi connectivity index (χ0v) is 10.0. The third kappa shape index (κ3) is 3.06. The van der Waals surface area contributed by atoms with Crippen LogP contribution in [0.15, 0.2) is 16.5 Å². The Morgan fingerprint density at radius 1 is 1.53 bits per heavy atom. The lowest BCUT2D eigenvalue weighted by Gasteiger charge is -2.19. The Hall–Kier alpha value is -1.36. The fourth-order valence-corrected chi connectivity index (χ4v) is 2.45. The predicted octanol–water partition coefficient (Wildman–Crippen LogP) is 2.86. The van der Waals surface area contributed by atoms with Gasteiger partial charge in [0.25, 0.3) is 0 Å². The summed E-state index contributed by atoms with van der Waals surface area (Å²) in [7, 11) is 0. The first-order chi connectivity index (χ1) is 8.16. The molecule has 1 aliphatic rings. The minimum Gasteiger partial charge on any atom is -0.404 e. The largest absolute Gasteiger partial charge is 0.433 e. The number of nitrogens with zero attached hydrogens (tertiary/aromatic N) is 1. The monoisotopic (exact) mass is 238 g/mol. The van der Waals surface area contributed by atoms with Crippen molar-refractivity contribution in [3.8, 4) is 0 Å². The van der Waals surface area contributed by atoms with Gasteiger partial charge in [0.2, 0.25) is 0 Å². The summed E-state index contributed by atoms with van der Waals surface area (Å²) in [5.41, 5.74) is 0. The molecule has 1 N–H and O–H groups in total. The van der Waals surface area contributed by atoms with Crippen LogP contribution >= 0.6 is 0 Å². The highest BCUT2D eigenvalue weighted by Gasteiger charge is 2.21. The zero-order chi connectivity index (χ0) is 12.3. The van der Waals surface area contributed by atoms with E-state index in [0.717, 1.165) is 5.92 Å². The molecule has 0 saturated heterocycles. The van der Waals surface area contributed by atoms with Crippen LogP contribution in [0.2, 0.25) is 0 Å². The van der Waals surface area contributed by atoms with Gasteiger partial charge in [-0.15, -0.1) is 0 Å². The highest BCUT2D eigenvalue weighted by atomic mass is 16.6. The molecule has 1 aromatic heterocycles. The van der Waals surface area contributed by atoms with Crippen LogP contribution in [0.4, 0.5) is 5.88 Å². The normalized spacial score (nSPS) is 18.4. The third-order valence-corrected chi connectivity index (χ3v) is 3.53. The van der Waals surface area contributed by atoms with E-state index in [1.165, 1.54) is 31.7 Å². The Balaban J connectivity index is 1.82. The van der Waals surface area contributed by atoms with Crippen molar-refractivity contribution in [3.05, 3.63) is 28.0 Å². The molecule has 1 aliphatic carbocycles. The van der Waals surface area contributed by atoms with Gasteiger partial charge in [0, 0.05) is 6.04 Å². The molecule has 1 aromatic rings. The standard InChI is InChI=1S/C12H18N2O3/c1-9(10-4-2-3-5-10)13-8-11-6-7-12(17-11)14(15)16/h6-7,9-10,13H,2-5,8H2,1H3/t9-/m1/s1. The molecule has 1 heterocycles. The minimum atomic E-state index is -0.510. The van der Waals surface area contributed by atoms with Crippen LogP contribution in [0.1, 0.15) is 38.4 Å². The van der Waals surface area contributed by atoms with Crippen molar-refractivity contribution >= 4 is 5.88 Å². The Morgan fingerprint density at radius 2 is 2.24 bits per heavy atom. The Kier molecular flexibility index (Phi) is 3.78. The van der Waals surface area contributed by atoms with E-state index in [4.69, 9.17) is 4.42 Å². The smallest absolute Gasteiger partial charge is 0.404 e. The molecule has 5 heteroatoms. The minimum absolute atomic E-state index is 0.185. The molecule has 0 unspecified atom stereocenters. The van der Waals surface area contributed by atoms with Crippen molar-refractivity contribution in [2.75, 3.05) is 0 Å². The molecule has 5 nitrogen and oxygen atoms in total. The zero-order valence-electron chi connectivity index (χ0n) is 10.0. The molecule has 0 spiro atoms. The lowest BCUT2D eigenvalue weighted by Crippen LogP contribution is -2.31. The first-order valence-electron chi connectivity index (χ1n) is 6.13. The van der Waals surface area contributed by atoms with Crippen molar-refractivity contribution in [1.29, 1.82) is 0 Å². The van der Waals surface area contributed by atoms with E-state index < -0.39 is 4.92 Å². The van der Waals surface area contributed by atoms with E-state index in [9.17, 15) is 10.1 Å². The molecule has 17 heavy (non-hydrogen) atoms. The highest BCUT2D eigenvalue weighted by Crippen LogP contribution is 2.27. The molecule has 2 rings (SSSR count). The summed E-state index contributed by atoms with van der Waals surface area (Å²) in [6.45, 7) is 2.73. The Morgan fingerprint density at radius 3 is 2.82 bits per heavy atom. The number of rotatable bonds is 5. The second-order valence-electron chi connectivity index (χ2n) is 4.71. The second kappa shape index (κ2) is 5.31. The molecule has 0 aromatic carbocycles. The SMILES string of the molecule is C[C@@H](NCc1ccc([N+](=O)[O-])o1)C1CCCC1. The van der Waals surface area contributed by atoms with Crippen LogP contribution in [-0.4, -0.2) is 11.0 Å². The van der Waals surface area contributed by atoms with Crippen molar-refractivity contribution < 1.29 is 9.34 Å². The maximum Gasteiger partial charge on any atom is 0.433 e. The van der Waals surface area contributed by atoms with Crippen molar-refractivity contribution in [3.63, 3.8) is 0 Å². The summed E-state index contributed by atoms with van der Waals surface area (Å²) >= 11 is 0. The van der Waals surface area contributed by atoms with Crippen molar-refractivity contribution in [2.45, 2.75) is 45.2 Å². The summed E-state index contributed by atoms with van der Waals surface area (Å²) in [5, 5.41) is 13.8. The highest BCUT2D eigenvalue weighted by molar-refractivity contribution is 5.17. The summed E-state index contributed by atoms with van der Waals surface area (Å²) in [6.07, 6.45) is 5.21. The average molecular weight is 238 g/mol. The summed E-state index contributed by atoms with van der Waals surface area (Å²) in [5.74, 6) is 1.18. The molecule has 0 bridgehead atoms. The number of nitrogens with one attached hydrogen (secondary N) is 1. The van der Waals surface area contributed by atoms with Gasteiger partial charge in [-0.3, -0.25) is 10.1 Å². The maximum atomic E-state index is 10.5. The molecule has 94 valence electrons. The van der Waals surface area contributed by atoms with Crippen LogP contribution in [0.25, 0.3) is 0 Å². The van der Waals surface area contributed by atoms with Gasteiger partial charge in [-0.1, -0.05) is 12.8 Å². The number of nitro groups is 1. The number of furan rings is 1. The third-order valence-electron chi connectivity index (χ3n) is 3.53. The molecular weight excluding hydrogens is 220 g/mol. The maximum absolute atomic E-state index is 10.5. The van der Waals surface area contributed by atoms with Crippen molar-refractivity contribution in [2.24, 2.45) is 5.92 Å². The fraction of sp³-hybridized carbons (Fsp3) is 0.667. The van der Waals surface area contributed by atoms with E-state index in [1.807, 2.05) is 0 Å². The molecule has 1 saturated carbocycles. The van der Waals surface area contributed by atoms with E-state index in [0.29, 0.717) is 18.3 Å². The number of hydrogen-bond acceptors (Lipinski definition) is 4. The van der Waals surface area contributed by atoms with Crippen LogP contribution in [0.5, 0.6) is 0 Å². The van der Waals surface area contributed by atoms with Gasteiger partial charge in [-0.2, -0.15) is 0 Å². The van der Waals surface area contributed by atoms with E-state index in [-0.39, 0.29) is 5.88 Å². The molecule has 0 aliphatic heterocycles. The van der Waals surface area contributed by atoms with Gasteiger partial charge in [-0.25, -0.2) is 0 Å². The lowest BCUT2D eigenvalue weighted by atomic mass is 10.00. The van der Waals surface area contributed by atoms with E-state index in [2.05, 4.69) is 12.2 Å². The Labute approximate surface area is 100 Å². The van der Waals surface area contributed by atoms with Crippen molar-refractivity contribution in [1.82, 2.24) is 5.32 Å². The first-order valence-corrected chi connectivity index (χ1v) is 6.13. The van der Waals surface area contributed by atoms with Crippen LogP contribution in [0, 0.1) is 16.0 Å². The second-order valence-corrected chi connectivity index (χ2v) is 4.71. The summed E-state index contributed by atoms with van der Waals surface area (Å²) in [6, 6.07) is 3.51. The van der Waals surface area contributed by atoms with Gasteiger partial charge in [0.15, 0.2) is 0 Å². The Bertz CT molecular complexity index is 383. The molecule has 0 amide bonds. The van der Waals surface area contributed by atoms with Gasteiger partial charge in [0.1, 0.15) is 10.7 Å². The summed E-state index contributed by atoms with van der Waals surface area (Å²) < 4.78 is 5.10. The van der Waals surface area contributed by atoms with Gasteiger partial charge in [-0.05, 0) is 31.7 Å². The van der Waals surface area contributed by atoms with Gasteiger partial charge >= 0.3 is 5.88 Å². The first kappa shape index (κ1) is 12.1. The molecule has 1 fully saturated rings. The average Bonchev–Trinajstić information content (AvgIpc) is 2.97. The topological polar surface area (TPSA) is 68.3 Å². The van der Waals surface area contributed by atoms with Gasteiger partial charge < -0.3 is 9.73 Å². The van der Waals surface area contributed by atoms with Crippen LogP contribution < -0.4 is 5.32 Å². The van der Waals surface area contributed by atoms with E-state index in [1.54, 1.807) is 6.07 Å². The van der Waals surface area contributed by atoms with Gasteiger partial charge in [0.05, 0.1) is 12.6 Å². The molecule has 0 radical (unpaired) electrons.